The van der Waals surface area contributed by atoms with Crippen LogP contribution in [-0.4, -0.2) is 43.6 Å². The molecule has 5 nitrogen and oxygen atoms in total. The van der Waals surface area contributed by atoms with E-state index in [1.54, 1.807) is 12.1 Å². The molecule has 3 aromatic carbocycles. The summed E-state index contributed by atoms with van der Waals surface area (Å²) in [7, 11) is 0. The summed E-state index contributed by atoms with van der Waals surface area (Å²) in [5.41, 5.74) is 2.51. The fourth-order valence-electron chi connectivity index (χ4n) is 4.23. The predicted molar refractivity (Wildman–Crippen MR) is 142 cm³/mol. The Hall–Kier alpha value is -2.19. The second-order valence-electron chi connectivity index (χ2n) is 8.62. The molecule has 1 heterocycles. The lowest BCUT2D eigenvalue weighted by Crippen LogP contribution is -2.49. The zero-order valence-corrected chi connectivity index (χ0v) is 21.5. The Labute approximate surface area is 222 Å². The molecule has 1 aliphatic heterocycles. The highest BCUT2D eigenvalue weighted by molar-refractivity contribution is 6.30. The van der Waals surface area contributed by atoms with Gasteiger partial charge < -0.3 is 24.6 Å². The molecule has 2 N–H and O–H groups in total. The third-order valence-corrected chi connectivity index (χ3v) is 6.37. The van der Waals surface area contributed by atoms with Crippen molar-refractivity contribution in [1.29, 1.82) is 0 Å². The molecule has 0 saturated carbocycles. The van der Waals surface area contributed by atoms with E-state index in [2.05, 4.69) is 5.32 Å². The summed E-state index contributed by atoms with van der Waals surface area (Å²) in [5.74, 6) is 0.0552. The van der Waals surface area contributed by atoms with E-state index >= 15 is 0 Å². The van der Waals surface area contributed by atoms with Crippen molar-refractivity contribution in [3.05, 3.63) is 100 Å². The molecule has 3 aromatic rings. The minimum absolute atomic E-state index is 0. The van der Waals surface area contributed by atoms with Crippen LogP contribution in [0.4, 0.5) is 4.39 Å². The molecular weight excluding hydrogens is 504 g/mol. The highest BCUT2D eigenvalue weighted by Gasteiger charge is 2.34. The van der Waals surface area contributed by atoms with Crippen LogP contribution in [0.1, 0.15) is 29.0 Å². The van der Waals surface area contributed by atoms with Crippen molar-refractivity contribution >= 4 is 24.0 Å². The van der Waals surface area contributed by atoms with E-state index in [1.807, 2.05) is 54.6 Å². The van der Waals surface area contributed by atoms with Gasteiger partial charge in [0.1, 0.15) is 11.6 Å². The Kier molecular flexibility index (Phi) is 11.5. The van der Waals surface area contributed by atoms with Crippen molar-refractivity contribution in [2.24, 2.45) is 0 Å². The lowest BCUT2D eigenvalue weighted by atomic mass is 9.85. The normalized spacial score (nSPS) is 19.5. The fourth-order valence-corrected chi connectivity index (χ4v) is 4.43. The van der Waals surface area contributed by atoms with Gasteiger partial charge in [-0.2, -0.15) is 0 Å². The van der Waals surface area contributed by atoms with Gasteiger partial charge in [-0.05, 0) is 29.3 Å². The van der Waals surface area contributed by atoms with Crippen LogP contribution in [-0.2, 0) is 22.7 Å². The number of aliphatic hydroxyl groups excluding tert-OH is 1. The summed E-state index contributed by atoms with van der Waals surface area (Å²) < 4.78 is 31.8. The number of benzene rings is 3. The van der Waals surface area contributed by atoms with Gasteiger partial charge in [-0.25, -0.2) is 4.39 Å². The minimum Gasteiger partial charge on any atom is -0.494 e. The predicted octanol–water partition coefficient (Wildman–Crippen LogP) is 5.52. The van der Waals surface area contributed by atoms with Gasteiger partial charge in [-0.15, -0.1) is 12.4 Å². The van der Waals surface area contributed by atoms with E-state index in [9.17, 15) is 9.50 Å². The van der Waals surface area contributed by atoms with E-state index in [4.69, 9.17) is 25.8 Å². The SMILES string of the molecule is Cl.OC1CNCC(OCc2cccc(Cl)c2F)C1c1ccc(OCCCOCc2ccccc2)cc1. The number of aliphatic hydroxyl groups is 1. The van der Waals surface area contributed by atoms with E-state index in [1.165, 1.54) is 6.07 Å². The van der Waals surface area contributed by atoms with Gasteiger partial charge in [0.15, 0.2) is 0 Å². The van der Waals surface area contributed by atoms with Gasteiger partial charge in [-0.1, -0.05) is 66.2 Å². The average Bonchev–Trinajstić information content (AvgIpc) is 2.88. The second-order valence-corrected chi connectivity index (χ2v) is 9.03. The number of hydrogen-bond donors (Lipinski definition) is 2. The maximum absolute atomic E-state index is 14.2. The number of halogens is 3. The molecule has 1 saturated heterocycles. The zero-order chi connectivity index (χ0) is 24.5. The summed E-state index contributed by atoms with van der Waals surface area (Å²) in [5, 5.41) is 13.9. The first-order chi connectivity index (χ1) is 17.1. The first kappa shape index (κ1) is 28.4. The zero-order valence-electron chi connectivity index (χ0n) is 19.9. The topological polar surface area (TPSA) is 60.0 Å². The maximum atomic E-state index is 14.2. The monoisotopic (exact) mass is 535 g/mol. The molecule has 1 aliphatic rings. The highest BCUT2D eigenvalue weighted by Crippen LogP contribution is 2.30. The largest absolute Gasteiger partial charge is 0.494 e. The van der Waals surface area contributed by atoms with Crippen molar-refractivity contribution in [3.8, 4) is 5.75 Å². The highest BCUT2D eigenvalue weighted by atomic mass is 35.5. The number of piperidine rings is 1. The van der Waals surface area contributed by atoms with Gasteiger partial charge in [0.2, 0.25) is 0 Å². The fraction of sp³-hybridized carbons (Fsp3) is 0.357. The van der Waals surface area contributed by atoms with E-state index in [0.717, 1.165) is 23.3 Å². The van der Waals surface area contributed by atoms with E-state index in [0.29, 0.717) is 38.5 Å². The molecule has 3 unspecified atom stereocenters. The van der Waals surface area contributed by atoms with Gasteiger partial charge in [0, 0.05) is 31.0 Å². The number of ether oxygens (including phenoxy) is 3. The number of hydrogen-bond acceptors (Lipinski definition) is 5. The minimum atomic E-state index is -0.619. The first-order valence-electron chi connectivity index (χ1n) is 11.9. The van der Waals surface area contributed by atoms with Gasteiger partial charge in [0.25, 0.3) is 0 Å². The Morgan fingerprint density at radius 2 is 1.69 bits per heavy atom. The van der Waals surface area contributed by atoms with Crippen molar-refractivity contribution in [1.82, 2.24) is 5.32 Å². The second kappa shape index (κ2) is 14.5. The average molecular weight is 536 g/mol. The molecule has 0 aliphatic carbocycles. The molecule has 0 spiro atoms. The molecule has 0 bridgehead atoms. The molecule has 194 valence electrons. The van der Waals surface area contributed by atoms with E-state index in [-0.39, 0.29) is 36.1 Å². The molecule has 0 aromatic heterocycles. The molecule has 3 atom stereocenters. The smallest absolute Gasteiger partial charge is 0.147 e. The van der Waals surface area contributed by atoms with Crippen molar-refractivity contribution in [2.45, 2.75) is 37.8 Å². The van der Waals surface area contributed by atoms with Gasteiger partial charge in [-0.3, -0.25) is 0 Å². The standard InChI is InChI=1S/C28H31ClFNO4.ClH/c29-24-9-4-8-22(28(24)30)19-35-26-17-31-16-25(32)27(26)21-10-12-23(13-11-21)34-15-5-14-33-18-20-6-2-1-3-7-20;/h1-4,6-13,25-27,31-32H,5,14-19H2;1H. The summed E-state index contributed by atoms with van der Waals surface area (Å²) >= 11 is 5.88. The molecular formula is C28H32Cl2FNO4. The van der Waals surface area contributed by atoms with E-state index < -0.39 is 11.9 Å². The number of rotatable bonds is 11. The third-order valence-electron chi connectivity index (χ3n) is 6.08. The van der Waals surface area contributed by atoms with Gasteiger partial charge >= 0.3 is 0 Å². The van der Waals surface area contributed by atoms with Crippen LogP contribution in [0.25, 0.3) is 0 Å². The molecule has 36 heavy (non-hydrogen) atoms. The molecule has 0 radical (unpaired) electrons. The van der Waals surface area contributed by atoms with Crippen LogP contribution in [0.3, 0.4) is 0 Å². The van der Waals surface area contributed by atoms with Crippen molar-refractivity contribution in [3.63, 3.8) is 0 Å². The van der Waals surface area contributed by atoms with Crippen LogP contribution in [0, 0.1) is 5.82 Å². The van der Waals surface area contributed by atoms with Crippen LogP contribution < -0.4 is 10.1 Å². The Morgan fingerprint density at radius 1 is 0.917 bits per heavy atom. The Morgan fingerprint density at radius 3 is 2.47 bits per heavy atom. The summed E-state index contributed by atoms with van der Waals surface area (Å²) in [6.45, 7) is 2.89. The van der Waals surface area contributed by atoms with Crippen LogP contribution in [0.2, 0.25) is 5.02 Å². The van der Waals surface area contributed by atoms with Crippen molar-refractivity contribution < 1.29 is 23.7 Å². The van der Waals surface area contributed by atoms with Crippen LogP contribution in [0.5, 0.6) is 5.75 Å². The Balaban J connectivity index is 0.00000361. The van der Waals surface area contributed by atoms with Gasteiger partial charge in [0.05, 0.1) is 43.7 Å². The molecule has 8 heteroatoms. The third kappa shape index (κ3) is 7.90. The maximum Gasteiger partial charge on any atom is 0.147 e. The first-order valence-corrected chi connectivity index (χ1v) is 12.3. The molecule has 1 fully saturated rings. The van der Waals surface area contributed by atoms with Crippen molar-refractivity contribution in [2.75, 3.05) is 26.3 Å². The summed E-state index contributed by atoms with van der Waals surface area (Å²) in [6, 6.07) is 22.7. The van der Waals surface area contributed by atoms with Crippen LogP contribution in [0.15, 0.2) is 72.8 Å². The Bertz CT molecular complexity index is 1060. The number of nitrogens with one attached hydrogen (secondary N) is 1. The molecule has 0 amide bonds. The lowest BCUT2D eigenvalue weighted by molar-refractivity contribution is -0.0335. The van der Waals surface area contributed by atoms with Crippen LogP contribution >= 0.6 is 24.0 Å². The number of β-amino-alcohol motifs (C(OH)–C–C–N with tert-alkyl or cyclic N) is 1. The summed E-state index contributed by atoms with van der Waals surface area (Å²) in [6.07, 6.45) is -0.144. The quantitative estimate of drug-likeness (QED) is 0.316. The molecule has 4 rings (SSSR count). The lowest BCUT2D eigenvalue weighted by Gasteiger charge is -2.36. The summed E-state index contributed by atoms with van der Waals surface area (Å²) in [4.78, 5) is 0.